The normalized spacial score (nSPS) is 15.0. The van der Waals surface area contributed by atoms with Crippen LogP contribution in [-0.2, 0) is 26.7 Å². The number of alkyl halides is 6. The predicted molar refractivity (Wildman–Crippen MR) is 155 cm³/mol. The van der Waals surface area contributed by atoms with E-state index in [4.69, 9.17) is 22.1 Å². The number of nitrogens with one attached hydrogen (secondary N) is 1. The summed E-state index contributed by atoms with van der Waals surface area (Å²) in [4.78, 5) is 38.6. The Morgan fingerprint density at radius 2 is 1.70 bits per heavy atom. The predicted octanol–water partition coefficient (Wildman–Crippen LogP) is 7.52. The summed E-state index contributed by atoms with van der Waals surface area (Å²) in [6.07, 6.45) is -8.66. The number of anilines is 1. The number of nitrogens with zero attached hydrogens (tertiary/aromatic N) is 1. The van der Waals surface area contributed by atoms with E-state index in [-0.39, 0.29) is 39.4 Å². The number of amides is 2. The van der Waals surface area contributed by atoms with Crippen LogP contribution in [0.5, 0.6) is 5.06 Å². The molecule has 1 fully saturated rings. The molecule has 17 heteroatoms. The molecule has 3 aromatic rings. The van der Waals surface area contributed by atoms with Gasteiger partial charge in [0.15, 0.2) is 11.7 Å². The van der Waals surface area contributed by atoms with Crippen molar-refractivity contribution in [2.75, 3.05) is 18.5 Å². The molecule has 1 aromatic carbocycles. The van der Waals surface area contributed by atoms with E-state index in [1.165, 1.54) is 28.5 Å². The number of aryl methyl sites for hydroxylation is 1. The van der Waals surface area contributed by atoms with E-state index in [1.54, 1.807) is 6.92 Å². The molecule has 1 aliphatic rings. The zero-order valence-electron chi connectivity index (χ0n) is 21.6. The summed E-state index contributed by atoms with van der Waals surface area (Å²) in [5, 5.41) is 13.1. The standard InChI is InChI=1S/C26H18F6N2O5S4/c1-12-18(9-22(42-12)39-10-21(36)37)33-20(35)2-3-34-23(38)19(43-24(34)40)8-17-6-14(11-41-17)13-4-15(25(27,28)29)7-16(5-13)26(30,31)32/h4-9,11H,2-3,10H2,1H3,(H,33,35)(H,36,37). The first kappa shape index (κ1) is 32.5. The van der Waals surface area contributed by atoms with Gasteiger partial charge in [-0.25, -0.2) is 4.79 Å². The maximum Gasteiger partial charge on any atom is 0.416 e. The second-order valence-electron chi connectivity index (χ2n) is 8.88. The highest BCUT2D eigenvalue weighted by Crippen LogP contribution is 2.40. The quantitative estimate of drug-likeness (QED) is 0.137. The van der Waals surface area contributed by atoms with Crippen molar-refractivity contribution >= 4 is 80.5 Å². The van der Waals surface area contributed by atoms with Gasteiger partial charge in [0.05, 0.1) is 21.7 Å². The molecule has 2 N–H and O–H groups in total. The number of carboxylic acids is 1. The summed E-state index contributed by atoms with van der Waals surface area (Å²) in [6, 6.07) is 4.18. The third-order valence-electron chi connectivity index (χ3n) is 5.76. The number of thioether (sulfide) groups is 1. The number of hydrogen-bond acceptors (Lipinski definition) is 8. The number of thiocarbonyl (C=S) groups is 1. The van der Waals surface area contributed by atoms with E-state index < -0.39 is 47.9 Å². The molecule has 43 heavy (non-hydrogen) atoms. The van der Waals surface area contributed by atoms with Crippen molar-refractivity contribution in [3.05, 3.63) is 61.5 Å². The van der Waals surface area contributed by atoms with Gasteiger partial charge in [-0.15, -0.1) is 22.7 Å². The van der Waals surface area contributed by atoms with Crippen LogP contribution < -0.4 is 10.1 Å². The Morgan fingerprint density at radius 3 is 2.30 bits per heavy atom. The van der Waals surface area contributed by atoms with E-state index in [0.717, 1.165) is 34.4 Å². The molecule has 0 unspecified atom stereocenters. The lowest BCUT2D eigenvalue weighted by Gasteiger charge is -2.14. The first-order valence-electron chi connectivity index (χ1n) is 11.9. The number of hydrogen-bond donors (Lipinski definition) is 2. The van der Waals surface area contributed by atoms with Crippen LogP contribution in [0.4, 0.5) is 32.0 Å². The molecule has 0 saturated carbocycles. The summed E-state index contributed by atoms with van der Waals surface area (Å²) in [7, 11) is 0. The number of aliphatic carboxylic acids is 1. The van der Waals surface area contributed by atoms with E-state index >= 15 is 0 Å². The number of ether oxygens (including phenoxy) is 1. The Labute approximate surface area is 257 Å². The molecule has 228 valence electrons. The highest BCUT2D eigenvalue weighted by molar-refractivity contribution is 8.26. The average Bonchev–Trinajstić information content (AvgIpc) is 3.58. The minimum atomic E-state index is -4.98. The molecule has 2 aromatic heterocycles. The molecule has 2 amide bonds. The van der Waals surface area contributed by atoms with Gasteiger partial charge in [0, 0.05) is 28.8 Å². The molecule has 0 radical (unpaired) electrons. The van der Waals surface area contributed by atoms with E-state index in [9.17, 15) is 40.7 Å². The topological polar surface area (TPSA) is 95.9 Å². The fourth-order valence-electron chi connectivity index (χ4n) is 3.73. The highest BCUT2D eigenvalue weighted by Gasteiger charge is 2.37. The smallest absolute Gasteiger partial charge is 0.416 e. The van der Waals surface area contributed by atoms with Crippen LogP contribution in [0.25, 0.3) is 17.2 Å². The Hall–Kier alpha value is -3.41. The van der Waals surface area contributed by atoms with Gasteiger partial charge in [-0.2, -0.15) is 26.3 Å². The molecule has 4 rings (SSSR count). The van der Waals surface area contributed by atoms with Crippen molar-refractivity contribution in [3.8, 4) is 16.2 Å². The number of carbonyl (C=O) groups excluding carboxylic acids is 2. The molecule has 0 bridgehead atoms. The number of carbonyl (C=O) groups is 3. The number of thiophene rings is 2. The van der Waals surface area contributed by atoms with Gasteiger partial charge in [-0.05, 0) is 53.8 Å². The minimum Gasteiger partial charge on any atom is -0.479 e. The van der Waals surface area contributed by atoms with E-state index in [0.29, 0.717) is 32.6 Å². The van der Waals surface area contributed by atoms with Gasteiger partial charge >= 0.3 is 18.3 Å². The molecule has 0 atom stereocenters. The summed E-state index contributed by atoms with van der Waals surface area (Å²) in [5.74, 6) is -2.10. The van der Waals surface area contributed by atoms with Crippen LogP contribution in [0.3, 0.4) is 0 Å². The Morgan fingerprint density at radius 1 is 1.05 bits per heavy atom. The van der Waals surface area contributed by atoms with Crippen LogP contribution in [0.15, 0.2) is 40.6 Å². The second kappa shape index (κ2) is 12.7. The Bertz CT molecular complexity index is 1590. The fraction of sp³-hybridized carbons (Fsp3) is 0.231. The van der Waals surface area contributed by atoms with Crippen molar-refractivity contribution in [2.24, 2.45) is 0 Å². The number of rotatable bonds is 9. The van der Waals surface area contributed by atoms with Crippen LogP contribution in [0.2, 0.25) is 0 Å². The molecule has 1 saturated heterocycles. The van der Waals surface area contributed by atoms with Gasteiger partial charge in [0.25, 0.3) is 5.91 Å². The lowest BCUT2D eigenvalue weighted by molar-refractivity contribution is -0.143. The average molecular weight is 681 g/mol. The van der Waals surface area contributed by atoms with Crippen LogP contribution in [0, 0.1) is 6.92 Å². The molecule has 0 spiro atoms. The number of benzene rings is 1. The van der Waals surface area contributed by atoms with Gasteiger partial charge in [-0.1, -0.05) is 24.0 Å². The van der Waals surface area contributed by atoms with Gasteiger partial charge in [0.2, 0.25) is 5.91 Å². The largest absolute Gasteiger partial charge is 0.479 e. The molecular formula is C26H18F6N2O5S4. The zero-order chi connectivity index (χ0) is 31.7. The summed E-state index contributed by atoms with van der Waals surface area (Å²) >= 11 is 8.39. The molecule has 0 aliphatic carbocycles. The number of halogens is 6. The van der Waals surface area contributed by atoms with Crippen molar-refractivity contribution in [1.82, 2.24) is 4.90 Å². The Balaban J connectivity index is 1.43. The van der Waals surface area contributed by atoms with E-state index in [2.05, 4.69) is 5.32 Å². The van der Waals surface area contributed by atoms with Gasteiger partial charge in [-0.3, -0.25) is 14.5 Å². The van der Waals surface area contributed by atoms with Gasteiger partial charge in [0.1, 0.15) is 4.32 Å². The van der Waals surface area contributed by atoms with E-state index in [1.807, 2.05) is 0 Å². The SMILES string of the molecule is Cc1sc(OCC(=O)O)cc1NC(=O)CCN1C(=O)C(=Cc2cc(-c3cc(C(F)(F)F)cc(C(F)(F)F)c3)cs2)SC1=S. The lowest BCUT2D eigenvalue weighted by Crippen LogP contribution is -2.31. The maximum absolute atomic E-state index is 13.3. The third-order valence-corrected chi connectivity index (χ3v) is 8.98. The lowest BCUT2D eigenvalue weighted by atomic mass is 10.0. The van der Waals surface area contributed by atoms with Crippen LogP contribution >= 0.6 is 46.7 Å². The first-order chi connectivity index (χ1) is 20.0. The molecule has 7 nitrogen and oxygen atoms in total. The second-order valence-corrected chi connectivity index (χ2v) is 12.7. The van der Waals surface area contributed by atoms with Crippen molar-refractivity contribution in [1.29, 1.82) is 0 Å². The van der Waals surface area contributed by atoms with Crippen molar-refractivity contribution in [2.45, 2.75) is 25.7 Å². The van der Waals surface area contributed by atoms with Crippen molar-refractivity contribution in [3.63, 3.8) is 0 Å². The highest BCUT2D eigenvalue weighted by atomic mass is 32.2. The van der Waals surface area contributed by atoms with Crippen molar-refractivity contribution < 1.29 is 50.6 Å². The Kier molecular flexibility index (Phi) is 9.58. The summed E-state index contributed by atoms with van der Waals surface area (Å²) in [5.41, 5.74) is -2.61. The van der Waals surface area contributed by atoms with Crippen LogP contribution in [-0.4, -0.2) is 45.3 Å². The molecule has 3 heterocycles. The van der Waals surface area contributed by atoms with Crippen LogP contribution in [0.1, 0.15) is 27.3 Å². The first-order valence-corrected chi connectivity index (χ1v) is 14.8. The fourth-order valence-corrected chi connectivity index (χ4v) is 6.77. The molecular weight excluding hydrogens is 663 g/mol. The summed E-state index contributed by atoms with van der Waals surface area (Å²) in [6.45, 7) is 1.12. The number of carboxylic acid groups (broad SMARTS) is 1. The summed E-state index contributed by atoms with van der Waals surface area (Å²) < 4.78 is 84.8. The minimum absolute atomic E-state index is 0.0536. The zero-order valence-corrected chi connectivity index (χ0v) is 24.9. The molecule has 1 aliphatic heterocycles. The monoisotopic (exact) mass is 680 g/mol. The van der Waals surface area contributed by atoms with Gasteiger partial charge < -0.3 is 15.2 Å². The third kappa shape index (κ3) is 8.16. The maximum atomic E-state index is 13.3.